The number of hydrogen-bond donors (Lipinski definition) is 1. The van der Waals surface area contributed by atoms with Crippen LogP contribution in [-0.4, -0.2) is 10.7 Å². The van der Waals surface area contributed by atoms with Crippen LogP contribution in [0, 0.1) is 23.2 Å². The second-order valence-corrected chi connectivity index (χ2v) is 3.47. The second kappa shape index (κ2) is 2.83. The van der Waals surface area contributed by atoms with Crippen LogP contribution >= 0.6 is 0 Å². The van der Waals surface area contributed by atoms with E-state index in [1.807, 2.05) is 13.8 Å². The van der Waals surface area contributed by atoms with Crippen molar-refractivity contribution in [2.24, 2.45) is 11.8 Å². The first-order chi connectivity index (χ1) is 5.15. The molecule has 0 radical (unpaired) electrons. The van der Waals surface area contributed by atoms with Crippen LogP contribution < -0.4 is 0 Å². The summed E-state index contributed by atoms with van der Waals surface area (Å²) in [6.07, 6.45) is 2.89. The monoisotopic (exact) mass is 153 g/mol. The number of nitriles is 1. The lowest BCUT2D eigenvalue weighted by atomic mass is 9.83. The molecule has 2 heteroatoms. The third-order valence-electron chi connectivity index (χ3n) is 2.79. The first-order valence-electron chi connectivity index (χ1n) is 4.27. The van der Waals surface area contributed by atoms with Crippen molar-refractivity contribution in [2.45, 2.75) is 38.7 Å². The molecular formula is C9H15NO. The van der Waals surface area contributed by atoms with E-state index in [0.29, 0.717) is 12.3 Å². The molecule has 0 amide bonds. The average molecular weight is 153 g/mol. The predicted molar refractivity (Wildman–Crippen MR) is 42.7 cm³/mol. The van der Waals surface area contributed by atoms with Crippen molar-refractivity contribution < 1.29 is 5.11 Å². The lowest BCUT2D eigenvalue weighted by molar-refractivity contribution is -0.0171. The van der Waals surface area contributed by atoms with Gasteiger partial charge in [-0.1, -0.05) is 6.92 Å². The lowest BCUT2D eigenvalue weighted by Gasteiger charge is -2.28. The molecule has 2 nitrogen and oxygen atoms in total. The zero-order chi connectivity index (χ0) is 8.48. The highest BCUT2D eigenvalue weighted by atomic mass is 16.3. The van der Waals surface area contributed by atoms with E-state index in [4.69, 9.17) is 5.26 Å². The Balaban J connectivity index is 2.66. The van der Waals surface area contributed by atoms with E-state index in [2.05, 4.69) is 6.07 Å². The fourth-order valence-electron chi connectivity index (χ4n) is 1.64. The van der Waals surface area contributed by atoms with Crippen LogP contribution in [-0.2, 0) is 0 Å². The van der Waals surface area contributed by atoms with Crippen LogP contribution in [0.4, 0.5) is 0 Å². The summed E-state index contributed by atoms with van der Waals surface area (Å²) < 4.78 is 0. The van der Waals surface area contributed by atoms with Crippen LogP contribution in [0.25, 0.3) is 0 Å². The Morgan fingerprint density at radius 2 is 2.27 bits per heavy atom. The summed E-state index contributed by atoms with van der Waals surface area (Å²) in [5.41, 5.74) is -0.700. The van der Waals surface area contributed by atoms with Gasteiger partial charge >= 0.3 is 0 Å². The van der Waals surface area contributed by atoms with Crippen molar-refractivity contribution in [2.75, 3.05) is 0 Å². The zero-order valence-corrected chi connectivity index (χ0v) is 7.17. The minimum atomic E-state index is -0.700. The van der Waals surface area contributed by atoms with E-state index in [1.165, 1.54) is 0 Å². The molecule has 62 valence electrons. The molecule has 0 aromatic rings. The van der Waals surface area contributed by atoms with E-state index in [1.54, 1.807) is 0 Å². The number of hydrogen-bond acceptors (Lipinski definition) is 2. The van der Waals surface area contributed by atoms with Gasteiger partial charge in [-0.05, 0) is 32.1 Å². The number of aliphatic hydroxyl groups is 1. The second-order valence-electron chi connectivity index (χ2n) is 3.47. The lowest BCUT2D eigenvalue weighted by Crippen LogP contribution is -2.37. The Bertz CT molecular complexity index is 180. The van der Waals surface area contributed by atoms with Crippen LogP contribution in [0.15, 0.2) is 0 Å². The molecule has 2 atom stereocenters. The average Bonchev–Trinajstić information content (AvgIpc) is 2.84. The van der Waals surface area contributed by atoms with Gasteiger partial charge in [0.15, 0.2) is 0 Å². The van der Waals surface area contributed by atoms with Crippen LogP contribution in [0.5, 0.6) is 0 Å². The smallest absolute Gasteiger partial charge is 0.0827 e. The third-order valence-corrected chi connectivity index (χ3v) is 2.79. The number of rotatable bonds is 3. The van der Waals surface area contributed by atoms with Gasteiger partial charge in [0.05, 0.1) is 17.6 Å². The van der Waals surface area contributed by atoms with E-state index in [-0.39, 0.29) is 5.92 Å². The topological polar surface area (TPSA) is 44.0 Å². The standard InChI is InChI=1S/C9H15NO/c1-3-9(11,7(2)6-10)8-4-5-8/h7-8,11H,3-5H2,1-2H3. The number of nitrogens with zero attached hydrogens (tertiary/aromatic N) is 1. The fraction of sp³-hybridized carbons (Fsp3) is 0.889. The summed E-state index contributed by atoms with van der Waals surface area (Å²) in [7, 11) is 0. The van der Waals surface area contributed by atoms with Gasteiger partial charge in [0.25, 0.3) is 0 Å². The Morgan fingerprint density at radius 3 is 2.55 bits per heavy atom. The van der Waals surface area contributed by atoms with E-state index in [9.17, 15) is 5.11 Å². The van der Waals surface area contributed by atoms with Crippen LogP contribution in [0.1, 0.15) is 33.1 Å². The van der Waals surface area contributed by atoms with Gasteiger partial charge in [-0.15, -0.1) is 0 Å². The van der Waals surface area contributed by atoms with Crippen LogP contribution in [0.3, 0.4) is 0 Å². The third kappa shape index (κ3) is 1.39. The first kappa shape index (κ1) is 8.55. The molecule has 0 saturated heterocycles. The molecule has 0 bridgehead atoms. The molecule has 1 aliphatic carbocycles. The van der Waals surface area contributed by atoms with Gasteiger partial charge < -0.3 is 5.11 Å². The maximum Gasteiger partial charge on any atom is 0.0827 e. The van der Waals surface area contributed by atoms with Gasteiger partial charge in [-0.3, -0.25) is 0 Å². The molecule has 0 spiro atoms. The minimum absolute atomic E-state index is 0.222. The summed E-state index contributed by atoms with van der Waals surface area (Å²) in [5.74, 6) is 0.169. The highest BCUT2D eigenvalue weighted by Gasteiger charge is 2.46. The molecule has 11 heavy (non-hydrogen) atoms. The molecule has 2 unspecified atom stereocenters. The molecule has 1 rings (SSSR count). The largest absolute Gasteiger partial charge is 0.388 e. The molecule has 0 aromatic carbocycles. The summed E-state index contributed by atoms with van der Waals surface area (Å²) in [4.78, 5) is 0. The summed E-state index contributed by atoms with van der Waals surface area (Å²) in [6.45, 7) is 3.76. The van der Waals surface area contributed by atoms with Crippen molar-refractivity contribution in [3.63, 3.8) is 0 Å². The Kier molecular flexibility index (Phi) is 2.20. The Hall–Kier alpha value is -0.550. The molecule has 1 N–H and O–H groups in total. The van der Waals surface area contributed by atoms with Crippen molar-refractivity contribution in [3.8, 4) is 6.07 Å². The molecule has 1 saturated carbocycles. The molecule has 1 aliphatic rings. The van der Waals surface area contributed by atoms with Crippen molar-refractivity contribution >= 4 is 0 Å². The van der Waals surface area contributed by atoms with Gasteiger partial charge in [0, 0.05) is 0 Å². The fourth-order valence-corrected chi connectivity index (χ4v) is 1.64. The van der Waals surface area contributed by atoms with Gasteiger partial charge in [0.2, 0.25) is 0 Å². The Morgan fingerprint density at radius 1 is 1.73 bits per heavy atom. The minimum Gasteiger partial charge on any atom is -0.388 e. The van der Waals surface area contributed by atoms with Crippen molar-refractivity contribution in [1.82, 2.24) is 0 Å². The molecule has 0 aliphatic heterocycles. The first-order valence-corrected chi connectivity index (χ1v) is 4.27. The zero-order valence-electron chi connectivity index (χ0n) is 7.17. The quantitative estimate of drug-likeness (QED) is 0.670. The highest BCUT2D eigenvalue weighted by Crippen LogP contribution is 2.45. The maximum absolute atomic E-state index is 10.0. The van der Waals surface area contributed by atoms with Gasteiger partial charge in [-0.25, -0.2) is 0 Å². The summed E-state index contributed by atoms with van der Waals surface area (Å²) >= 11 is 0. The summed E-state index contributed by atoms with van der Waals surface area (Å²) in [6, 6.07) is 2.13. The van der Waals surface area contributed by atoms with E-state index < -0.39 is 5.60 Å². The Labute approximate surface area is 67.8 Å². The van der Waals surface area contributed by atoms with Gasteiger partial charge in [-0.2, -0.15) is 5.26 Å². The van der Waals surface area contributed by atoms with E-state index in [0.717, 1.165) is 12.8 Å². The molecule has 1 fully saturated rings. The van der Waals surface area contributed by atoms with Crippen LogP contribution in [0.2, 0.25) is 0 Å². The van der Waals surface area contributed by atoms with Crippen molar-refractivity contribution in [1.29, 1.82) is 5.26 Å². The highest BCUT2D eigenvalue weighted by molar-refractivity contribution is 5.03. The van der Waals surface area contributed by atoms with E-state index >= 15 is 0 Å². The SMILES string of the molecule is CCC(O)(C(C)C#N)C1CC1. The van der Waals surface area contributed by atoms with Crippen molar-refractivity contribution in [3.05, 3.63) is 0 Å². The molecular weight excluding hydrogens is 138 g/mol. The van der Waals surface area contributed by atoms with Gasteiger partial charge in [0.1, 0.15) is 0 Å². The normalized spacial score (nSPS) is 25.3. The summed E-state index contributed by atoms with van der Waals surface area (Å²) in [5, 5.41) is 18.7. The predicted octanol–water partition coefficient (Wildman–Crippen LogP) is 1.70. The maximum atomic E-state index is 10.0. The molecule has 0 aromatic heterocycles. The molecule has 0 heterocycles.